The molecule has 1 aromatic rings. The summed E-state index contributed by atoms with van der Waals surface area (Å²) in [6, 6.07) is 3.86. The van der Waals surface area contributed by atoms with E-state index in [0.717, 1.165) is 17.2 Å². The van der Waals surface area contributed by atoms with Crippen LogP contribution in [0.25, 0.3) is 0 Å². The lowest BCUT2D eigenvalue weighted by atomic mass is 10.3. The number of nitrogens with two attached hydrogens (primary N) is 1. The van der Waals surface area contributed by atoms with E-state index in [1.54, 1.807) is 11.3 Å². The number of nitrogens with one attached hydrogen (secondary N) is 1. The zero-order valence-corrected chi connectivity index (χ0v) is 10.0. The van der Waals surface area contributed by atoms with Crippen molar-refractivity contribution < 1.29 is 4.79 Å². The first-order valence-corrected chi connectivity index (χ1v) is 6.13. The maximum absolute atomic E-state index is 11.2. The lowest BCUT2D eigenvalue weighted by Crippen LogP contribution is -2.25. The van der Waals surface area contributed by atoms with Gasteiger partial charge in [0.1, 0.15) is 0 Å². The van der Waals surface area contributed by atoms with E-state index < -0.39 is 0 Å². The van der Waals surface area contributed by atoms with Crippen LogP contribution in [0.3, 0.4) is 0 Å². The molecule has 0 saturated heterocycles. The molecule has 0 saturated carbocycles. The molecule has 15 heavy (non-hydrogen) atoms. The molecule has 0 spiro atoms. The summed E-state index contributed by atoms with van der Waals surface area (Å²) < 4.78 is 0.791. The lowest BCUT2D eigenvalue weighted by molar-refractivity contribution is -0.121. The largest absolute Gasteiger partial charge is 0.356 e. The van der Waals surface area contributed by atoms with E-state index in [-0.39, 0.29) is 5.91 Å². The normalized spacial score (nSPS) is 10.3. The number of hydrogen-bond acceptors (Lipinski definition) is 3. The Hall–Kier alpha value is -0.580. The van der Waals surface area contributed by atoms with Gasteiger partial charge >= 0.3 is 0 Å². The number of thiophene rings is 1. The van der Waals surface area contributed by atoms with Gasteiger partial charge in [-0.1, -0.05) is 11.6 Å². The number of rotatable bonds is 6. The Bertz CT molecular complexity index is 314. The van der Waals surface area contributed by atoms with Gasteiger partial charge in [-0.25, -0.2) is 0 Å². The van der Waals surface area contributed by atoms with Gasteiger partial charge < -0.3 is 11.1 Å². The Balaban J connectivity index is 2.13. The van der Waals surface area contributed by atoms with Gasteiger partial charge in [0.15, 0.2) is 0 Å². The van der Waals surface area contributed by atoms with Crippen LogP contribution in [0.2, 0.25) is 4.34 Å². The van der Waals surface area contributed by atoms with E-state index in [0.29, 0.717) is 19.5 Å². The molecule has 3 nitrogen and oxygen atoms in total. The Morgan fingerprint density at radius 3 is 2.93 bits per heavy atom. The van der Waals surface area contributed by atoms with E-state index in [9.17, 15) is 4.79 Å². The molecule has 0 aromatic carbocycles. The molecular formula is C10H15ClN2OS. The first-order chi connectivity index (χ1) is 7.22. The maximum Gasteiger partial charge on any atom is 0.220 e. The van der Waals surface area contributed by atoms with Gasteiger partial charge in [-0.2, -0.15) is 0 Å². The zero-order chi connectivity index (χ0) is 11.1. The van der Waals surface area contributed by atoms with Crippen molar-refractivity contribution in [1.82, 2.24) is 5.32 Å². The van der Waals surface area contributed by atoms with Gasteiger partial charge in [-0.15, -0.1) is 11.3 Å². The first kappa shape index (κ1) is 12.5. The van der Waals surface area contributed by atoms with Gasteiger partial charge in [0.2, 0.25) is 5.91 Å². The van der Waals surface area contributed by atoms with Crippen molar-refractivity contribution in [1.29, 1.82) is 0 Å². The minimum atomic E-state index is 0.0723. The van der Waals surface area contributed by atoms with Gasteiger partial charge in [-0.05, 0) is 31.5 Å². The first-order valence-electron chi connectivity index (χ1n) is 4.93. The average molecular weight is 247 g/mol. The van der Waals surface area contributed by atoms with Crippen LogP contribution in [-0.4, -0.2) is 19.0 Å². The summed E-state index contributed by atoms with van der Waals surface area (Å²) >= 11 is 7.34. The minimum Gasteiger partial charge on any atom is -0.356 e. The van der Waals surface area contributed by atoms with Crippen LogP contribution in [0, 0.1) is 0 Å². The third kappa shape index (κ3) is 5.16. The minimum absolute atomic E-state index is 0.0723. The predicted molar refractivity (Wildman–Crippen MR) is 64.3 cm³/mol. The Kier molecular flexibility index (Phi) is 5.68. The summed E-state index contributed by atoms with van der Waals surface area (Å²) in [5, 5.41) is 2.84. The highest BCUT2D eigenvalue weighted by Gasteiger charge is 2.01. The molecule has 3 N–H and O–H groups in total. The van der Waals surface area contributed by atoms with E-state index in [4.69, 9.17) is 17.3 Å². The molecule has 0 atom stereocenters. The Morgan fingerprint density at radius 1 is 1.53 bits per heavy atom. The van der Waals surface area contributed by atoms with Crippen LogP contribution < -0.4 is 11.1 Å². The second-order valence-corrected chi connectivity index (χ2v) is 5.00. The van der Waals surface area contributed by atoms with Crippen LogP contribution in [0.4, 0.5) is 0 Å². The highest BCUT2D eigenvalue weighted by molar-refractivity contribution is 7.16. The van der Waals surface area contributed by atoms with Crippen LogP contribution in [0.1, 0.15) is 17.7 Å². The third-order valence-electron chi connectivity index (χ3n) is 1.93. The molecule has 0 aliphatic rings. The predicted octanol–water partition coefficient (Wildman–Crippen LogP) is 1.80. The monoisotopic (exact) mass is 246 g/mol. The van der Waals surface area contributed by atoms with Crippen molar-refractivity contribution in [3.05, 3.63) is 21.3 Å². The third-order valence-corrected chi connectivity index (χ3v) is 3.22. The summed E-state index contributed by atoms with van der Waals surface area (Å²) in [7, 11) is 0. The highest BCUT2D eigenvalue weighted by atomic mass is 35.5. The zero-order valence-electron chi connectivity index (χ0n) is 8.46. The smallest absolute Gasteiger partial charge is 0.220 e. The molecular weight excluding hydrogens is 232 g/mol. The number of hydrogen-bond donors (Lipinski definition) is 2. The van der Waals surface area contributed by atoms with Crippen LogP contribution in [0.15, 0.2) is 12.1 Å². The van der Waals surface area contributed by atoms with E-state index >= 15 is 0 Å². The molecule has 0 fully saturated rings. The van der Waals surface area contributed by atoms with Crippen LogP contribution in [0.5, 0.6) is 0 Å². The van der Waals surface area contributed by atoms with Crippen LogP contribution in [-0.2, 0) is 11.2 Å². The molecule has 0 aliphatic heterocycles. The lowest BCUT2D eigenvalue weighted by Gasteiger charge is -2.02. The molecule has 84 valence electrons. The fourth-order valence-corrected chi connectivity index (χ4v) is 2.25. The highest BCUT2D eigenvalue weighted by Crippen LogP contribution is 2.21. The number of amides is 1. The summed E-state index contributed by atoms with van der Waals surface area (Å²) in [6.45, 7) is 1.23. The second kappa shape index (κ2) is 6.82. The molecule has 1 rings (SSSR count). The van der Waals surface area contributed by atoms with Crippen molar-refractivity contribution in [2.45, 2.75) is 19.3 Å². The molecule has 0 aliphatic carbocycles. The van der Waals surface area contributed by atoms with Gasteiger partial charge in [-0.3, -0.25) is 4.79 Å². The molecule has 1 aromatic heterocycles. The van der Waals surface area contributed by atoms with E-state index in [1.807, 2.05) is 12.1 Å². The molecule has 0 radical (unpaired) electrons. The summed E-state index contributed by atoms with van der Waals surface area (Å²) in [5.74, 6) is 0.0723. The quantitative estimate of drug-likeness (QED) is 0.804. The topological polar surface area (TPSA) is 55.1 Å². The van der Waals surface area contributed by atoms with Crippen molar-refractivity contribution in [3.63, 3.8) is 0 Å². The maximum atomic E-state index is 11.2. The van der Waals surface area contributed by atoms with E-state index in [2.05, 4.69) is 5.32 Å². The summed E-state index contributed by atoms with van der Waals surface area (Å²) in [4.78, 5) is 12.4. The summed E-state index contributed by atoms with van der Waals surface area (Å²) in [6.07, 6.45) is 2.10. The van der Waals surface area contributed by atoms with Crippen molar-refractivity contribution in [2.24, 2.45) is 5.73 Å². The fourth-order valence-electron chi connectivity index (χ4n) is 1.16. The van der Waals surface area contributed by atoms with Gasteiger partial charge in [0.25, 0.3) is 0 Å². The standard InChI is InChI=1S/C10H15ClN2OS/c11-9-4-3-8(15-9)5-7-13-10(14)2-1-6-12/h3-4H,1-2,5-7,12H2,(H,13,14). The number of carbonyl (C=O) groups excluding carboxylic acids is 1. The van der Waals surface area contributed by atoms with Gasteiger partial charge in [0.05, 0.1) is 4.34 Å². The Labute approximate surface area is 98.6 Å². The molecule has 0 unspecified atom stereocenters. The summed E-state index contributed by atoms with van der Waals surface area (Å²) in [5.41, 5.74) is 5.31. The van der Waals surface area contributed by atoms with Crippen LogP contribution >= 0.6 is 22.9 Å². The number of halogens is 1. The van der Waals surface area contributed by atoms with Gasteiger partial charge in [0, 0.05) is 17.8 Å². The number of carbonyl (C=O) groups is 1. The molecule has 5 heteroatoms. The molecule has 1 heterocycles. The van der Waals surface area contributed by atoms with Crippen molar-refractivity contribution in [2.75, 3.05) is 13.1 Å². The fraction of sp³-hybridized carbons (Fsp3) is 0.500. The van der Waals surface area contributed by atoms with Crippen molar-refractivity contribution in [3.8, 4) is 0 Å². The average Bonchev–Trinajstić information content (AvgIpc) is 2.61. The Morgan fingerprint density at radius 2 is 2.33 bits per heavy atom. The molecule has 1 amide bonds. The van der Waals surface area contributed by atoms with Crippen molar-refractivity contribution >= 4 is 28.8 Å². The van der Waals surface area contributed by atoms with E-state index in [1.165, 1.54) is 4.88 Å². The second-order valence-electron chi connectivity index (χ2n) is 3.20. The SMILES string of the molecule is NCCCC(=O)NCCc1ccc(Cl)s1. The molecule has 0 bridgehead atoms.